The fourth-order valence-electron chi connectivity index (χ4n) is 2.12. The van der Waals surface area contributed by atoms with Crippen LogP contribution in [-0.2, 0) is 12.8 Å². The Hall–Kier alpha value is -0.630. The number of hydrogen-bond acceptors (Lipinski definition) is 2. The number of aryl methyl sites for hydroxylation is 1. The summed E-state index contributed by atoms with van der Waals surface area (Å²) in [5, 5.41) is 0.447. The van der Waals surface area contributed by atoms with Crippen molar-refractivity contribution in [2.45, 2.75) is 38.0 Å². The van der Waals surface area contributed by atoms with Crippen molar-refractivity contribution in [2.24, 2.45) is 0 Å². The third kappa shape index (κ3) is 1.24. The van der Waals surface area contributed by atoms with Gasteiger partial charge in [-0.25, -0.2) is 9.97 Å². The number of aromatic nitrogens is 2. The average Bonchev–Trinajstić information content (AvgIpc) is 2.84. The predicted molar refractivity (Wildman–Crippen MR) is 51.0 cm³/mol. The van der Waals surface area contributed by atoms with Gasteiger partial charge in [-0.15, -0.1) is 0 Å². The molecule has 2 aliphatic rings. The number of rotatable bonds is 1. The summed E-state index contributed by atoms with van der Waals surface area (Å²) < 4.78 is 0. The maximum Gasteiger partial charge on any atom is 0.222 e. The molecule has 2 aliphatic carbocycles. The van der Waals surface area contributed by atoms with Crippen LogP contribution in [-0.4, -0.2) is 9.97 Å². The summed E-state index contributed by atoms with van der Waals surface area (Å²) in [6.45, 7) is 0. The smallest absolute Gasteiger partial charge is 0.222 e. The lowest BCUT2D eigenvalue weighted by atomic mass is 10.1. The Labute approximate surface area is 82.4 Å². The molecule has 0 saturated heterocycles. The highest BCUT2D eigenvalue weighted by Crippen LogP contribution is 2.42. The van der Waals surface area contributed by atoms with Crippen LogP contribution in [0.1, 0.15) is 42.1 Å². The normalized spacial score (nSPS) is 20.4. The molecule has 0 spiro atoms. The molecule has 3 heteroatoms. The fraction of sp³-hybridized carbons (Fsp3) is 0.600. The van der Waals surface area contributed by atoms with Crippen LogP contribution in [0.3, 0.4) is 0 Å². The minimum atomic E-state index is 0.447. The molecule has 0 atom stereocenters. The summed E-state index contributed by atoms with van der Waals surface area (Å²) in [4.78, 5) is 8.64. The standard InChI is InChI=1S/C10H11ClN2/c11-10-12-8-3-1-2-7(8)9(13-10)6-4-5-6/h6H,1-5H2. The van der Waals surface area contributed by atoms with Crippen molar-refractivity contribution in [3.8, 4) is 0 Å². The van der Waals surface area contributed by atoms with Crippen LogP contribution in [0.25, 0.3) is 0 Å². The van der Waals surface area contributed by atoms with E-state index in [0.29, 0.717) is 11.2 Å². The molecule has 3 rings (SSSR count). The second kappa shape index (κ2) is 2.68. The van der Waals surface area contributed by atoms with Crippen LogP contribution in [0, 0.1) is 0 Å². The van der Waals surface area contributed by atoms with Gasteiger partial charge in [-0.1, -0.05) is 0 Å². The van der Waals surface area contributed by atoms with E-state index in [1.807, 2.05) is 0 Å². The molecule has 0 aromatic carbocycles. The number of fused-ring (bicyclic) bond motifs is 1. The summed E-state index contributed by atoms with van der Waals surface area (Å²) in [6, 6.07) is 0. The molecule has 2 nitrogen and oxygen atoms in total. The Morgan fingerprint density at radius 2 is 2.00 bits per heavy atom. The van der Waals surface area contributed by atoms with Gasteiger partial charge in [0.1, 0.15) is 0 Å². The number of nitrogens with zero attached hydrogens (tertiary/aromatic N) is 2. The maximum absolute atomic E-state index is 5.88. The molecular weight excluding hydrogens is 184 g/mol. The quantitative estimate of drug-likeness (QED) is 0.642. The van der Waals surface area contributed by atoms with Gasteiger partial charge in [0.05, 0.1) is 5.69 Å². The molecule has 0 N–H and O–H groups in total. The fourth-order valence-corrected chi connectivity index (χ4v) is 2.32. The molecule has 0 bridgehead atoms. The highest BCUT2D eigenvalue weighted by atomic mass is 35.5. The topological polar surface area (TPSA) is 25.8 Å². The molecule has 0 unspecified atom stereocenters. The monoisotopic (exact) mass is 194 g/mol. The largest absolute Gasteiger partial charge is 0.223 e. The van der Waals surface area contributed by atoms with Crippen molar-refractivity contribution in [1.82, 2.24) is 9.97 Å². The summed E-state index contributed by atoms with van der Waals surface area (Å²) in [5.41, 5.74) is 3.88. The van der Waals surface area contributed by atoms with Gasteiger partial charge in [0.2, 0.25) is 5.28 Å². The summed E-state index contributed by atoms with van der Waals surface area (Å²) >= 11 is 5.88. The second-order valence-electron chi connectivity index (χ2n) is 3.93. The highest BCUT2D eigenvalue weighted by molar-refractivity contribution is 6.28. The van der Waals surface area contributed by atoms with E-state index in [9.17, 15) is 0 Å². The first-order valence-electron chi connectivity index (χ1n) is 4.90. The van der Waals surface area contributed by atoms with Gasteiger partial charge in [-0.05, 0) is 49.3 Å². The van der Waals surface area contributed by atoms with Crippen LogP contribution in [0.2, 0.25) is 5.28 Å². The van der Waals surface area contributed by atoms with Crippen molar-refractivity contribution in [1.29, 1.82) is 0 Å². The minimum absolute atomic E-state index is 0.447. The zero-order valence-electron chi connectivity index (χ0n) is 7.39. The third-order valence-electron chi connectivity index (χ3n) is 2.90. The number of halogens is 1. The highest BCUT2D eigenvalue weighted by Gasteiger charge is 2.31. The Morgan fingerprint density at radius 3 is 2.77 bits per heavy atom. The lowest BCUT2D eigenvalue weighted by molar-refractivity contribution is 0.894. The van der Waals surface area contributed by atoms with E-state index in [1.165, 1.54) is 42.6 Å². The van der Waals surface area contributed by atoms with Gasteiger partial charge in [0.25, 0.3) is 0 Å². The van der Waals surface area contributed by atoms with E-state index in [4.69, 9.17) is 11.6 Å². The van der Waals surface area contributed by atoms with Gasteiger partial charge < -0.3 is 0 Å². The molecule has 0 aliphatic heterocycles. The van der Waals surface area contributed by atoms with Crippen LogP contribution >= 0.6 is 11.6 Å². The van der Waals surface area contributed by atoms with Crippen LogP contribution in [0.4, 0.5) is 0 Å². The van der Waals surface area contributed by atoms with Crippen molar-refractivity contribution in [3.05, 3.63) is 22.2 Å². The van der Waals surface area contributed by atoms with Crippen LogP contribution < -0.4 is 0 Å². The van der Waals surface area contributed by atoms with Crippen molar-refractivity contribution in [2.75, 3.05) is 0 Å². The molecule has 0 amide bonds. The van der Waals surface area contributed by atoms with E-state index in [0.717, 1.165) is 6.42 Å². The van der Waals surface area contributed by atoms with E-state index in [-0.39, 0.29) is 0 Å². The van der Waals surface area contributed by atoms with Crippen molar-refractivity contribution >= 4 is 11.6 Å². The molecular formula is C10H11ClN2. The predicted octanol–water partition coefficient (Wildman–Crippen LogP) is 2.50. The molecule has 1 saturated carbocycles. The summed E-state index contributed by atoms with van der Waals surface area (Å²) in [6.07, 6.45) is 6.07. The maximum atomic E-state index is 5.88. The minimum Gasteiger partial charge on any atom is -0.223 e. The summed E-state index contributed by atoms with van der Waals surface area (Å²) in [7, 11) is 0. The third-order valence-corrected chi connectivity index (χ3v) is 3.07. The average molecular weight is 195 g/mol. The Morgan fingerprint density at radius 1 is 1.15 bits per heavy atom. The van der Waals surface area contributed by atoms with Gasteiger partial charge >= 0.3 is 0 Å². The van der Waals surface area contributed by atoms with E-state index >= 15 is 0 Å². The summed E-state index contributed by atoms with van der Waals surface area (Å²) in [5.74, 6) is 0.701. The first kappa shape index (κ1) is 7.74. The van der Waals surface area contributed by atoms with Crippen molar-refractivity contribution < 1.29 is 0 Å². The zero-order valence-corrected chi connectivity index (χ0v) is 8.14. The Bertz CT molecular complexity index is 358. The van der Waals surface area contributed by atoms with E-state index < -0.39 is 0 Å². The zero-order chi connectivity index (χ0) is 8.84. The van der Waals surface area contributed by atoms with Gasteiger partial charge in [-0.2, -0.15) is 0 Å². The molecule has 1 fully saturated rings. The van der Waals surface area contributed by atoms with Gasteiger partial charge in [0, 0.05) is 11.6 Å². The molecule has 1 aromatic heterocycles. The van der Waals surface area contributed by atoms with Crippen LogP contribution in [0.15, 0.2) is 0 Å². The number of hydrogen-bond donors (Lipinski definition) is 0. The lowest BCUT2D eigenvalue weighted by Crippen LogP contribution is -1.99. The Kier molecular flexibility index (Phi) is 1.59. The molecule has 1 heterocycles. The SMILES string of the molecule is Clc1nc2c(c(C3CC3)n1)CCC2. The van der Waals surface area contributed by atoms with Crippen LogP contribution in [0.5, 0.6) is 0 Å². The Balaban J connectivity index is 2.16. The van der Waals surface area contributed by atoms with E-state index in [2.05, 4.69) is 9.97 Å². The van der Waals surface area contributed by atoms with Gasteiger partial charge in [-0.3, -0.25) is 0 Å². The first-order chi connectivity index (χ1) is 6.34. The lowest BCUT2D eigenvalue weighted by Gasteiger charge is -2.05. The van der Waals surface area contributed by atoms with Gasteiger partial charge in [0.15, 0.2) is 0 Å². The first-order valence-corrected chi connectivity index (χ1v) is 5.27. The van der Waals surface area contributed by atoms with E-state index in [1.54, 1.807) is 0 Å². The molecule has 1 aromatic rings. The molecule has 68 valence electrons. The van der Waals surface area contributed by atoms with Crippen molar-refractivity contribution in [3.63, 3.8) is 0 Å². The second-order valence-corrected chi connectivity index (χ2v) is 4.27. The molecule has 13 heavy (non-hydrogen) atoms. The molecule has 0 radical (unpaired) electrons.